The highest BCUT2D eigenvalue weighted by Gasteiger charge is 2.44. The third kappa shape index (κ3) is 6.30. The number of unbranched alkanes of at least 4 members (excludes halogenated alkanes) is 2. The molecule has 1 aromatic rings. The first-order valence-corrected chi connectivity index (χ1v) is 9.79. The molecule has 28 heavy (non-hydrogen) atoms. The molecule has 1 aromatic carbocycles. The number of ether oxygens (including phenoxy) is 1. The first kappa shape index (κ1) is 21.8. The quantitative estimate of drug-likeness (QED) is 0.362. The molecule has 0 aromatic heterocycles. The van der Waals surface area contributed by atoms with Gasteiger partial charge in [-0.3, -0.25) is 9.59 Å². The van der Waals surface area contributed by atoms with E-state index in [4.69, 9.17) is 9.84 Å². The Balaban J connectivity index is 2.11. The van der Waals surface area contributed by atoms with E-state index >= 15 is 0 Å². The van der Waals surface area contributed by atoms with Crippen molar-refractivity contribution in [2.24, 2.45) is 11.8 Å². The van der Waals surface area contributed by atoms with Crippen molar-refractivity contribution in [1.29, 1.82) is 0 Å². The van der Waals surface area contributed by atoms with E-state index in [0.29, 0.717) is 12.0 Å². The van der Waals surface area contributed by atoms with Crippen LogP contribution in [0.15, 0.2) is 42.5 Å². The van der Waals surface area contributed by atoms with E-state index in [9.17, 15) is 19.5 Å². The summed E-state index contributed by atoms with van der Waals surface area (Å²) in [4.78, 5) is 35.6. The summed E-state index contributed by atoms with van der Waals surface area (Å²) in [7, 11) is 0. The lowest BCUT2D eigenvalue weighted by molar-refractivity contribution is -0.139. The van der Waals surface area contributed by atoms with Gasteiger partial charge in [-0.2, -0.15) is 0 Å². The molecule has 1 aliphatic rings. The van der Waals surface area contributed by atoms with Gasteiger partial charge in [-0.1, -0.05) is 44.0 Å². The minimum atomic E-state index is -1.04. The van der Waals surface area contributed by atoms with E-state index in [1.165, 1.54) is 6.08 Å². The van der Waals surface area contributed by atoms with E-state index in [1.807, 2.05) is 0 Å². The fourth-order valence-corrected chi connectivity index (χ4v) is 3.60. The maximum absolute atomic E-state index is 12.4. The lowest BCUT2D eigenvalue weighted by Gasteiger charge is -2.21. The van der Waals surface area contributed by atoms with Crippen LogP contribution >= 0.6 is 0 Å². The van der Waals surface area contributed by atoms with Crippen LogP contribution in [-0.2, 0) is 14.3 Å². The van der Waals surface area contributed by atoms with Crippen molar-refractivity contribution in [3.05, 3.63) is 48.0 Å². The number of benzene rings is 1. The Morgan fingerprint density at radius 1 is 1.18 bits per heavy atom. The highest BCUT2D eigenvalue weighted by atomic mass is 16.5. The molecule has 1 aliphatic carbocycles. The van der Waals surface area contributed by atoms with Gasteiger partial charge in [0.2, 0.25) is 0 Å². The van der Waals surface area contributed by atoms with Crippen molar-refractivity contribution in [1.82, 2.24) is 0 Å². The molecule has 0 bridgehead atoms. The molecule has 0 spiro atoms. The number of hydrogen-bond acceptors (Lipinski definition) is 5. The number of ketones is 1. The van der Waals surface area contributed by atoms with E-state index in [2.05, 4.69) is 6.92 Å². The SMILES string of the molecule is CCCCCC(=O)C=C[C@@H]1[C@H](CC(=O)O)[C@H](O)C[C@@H]1OC(=O)c1ccccc1. The van der Waals surface area contributed by atoms with Crippen molar-refractivity contribution >= 4 is 17.7 Å². The predicted octanol–water partition coefficient (Wildman–Crippen LogP) is 3.39. The highest BCUT2D eigenvalue weighted by Crippen LogP contribution is 2.38. The smallest absolute Gasteiger partial charge is 0.338 e. The highest BCUT2D eigenvalue weighted by molar-refractivity contribution is 5.90. The monoisotopic (exact) mass is 388 g/mol. The average molecular weight is 388 g/mol. The van der Waals surface area contributed by atoms with Crippen molar-refractivity contribution in [3.63, 3.8) is 0 Å². The zero-order valence-corrected chi connectivity index (χ0v) is 16.1. The maximum Gasteiger partial charge on any atom is 0.338 e. The minimum absolute atomic E-state index is 0.0444. The average Bonchev–Trinajstić information content (AvgIpc) is 2.95. The van der Waals surface area contributed by atoms with Crippen LogP contribution in [0.1, 0.15) is 55.8 Å². The summed E-state index contributed by atoms with van der Waals surface area (Å²) in [5.41, 5.74) is 0.386. The number of aliphatic hydroxyl groups is 1. The largest absolute Gasteiger partial charge is 0.481 e. The number of rotatable bonds is 10. The van der Waals surface area contributed by atoms with Gasteiger partial charge in [0.15, 0.2) is 5.78 Å². The molecule has 2 rings (SSSR count). The standard InChI is InChI=1S/C22H28O6/c1-2-3-5-10-16(23)11-12-17-18(13-21(25)26)19(24)14-20(17)28-22(27)15-8-6-4-7-9-15/h4,6-9,11-12,17-20,24H,2-3,5,10,13-14H2,1H3,(H,25,26)/t17-,18+,19-,20+/m1/s1. The zero-order valence-electron chi connectivity index (χ0n) is 16.1. The lowest BCUT2D eigenvalue weighted by Crippen LogP contribution is -2.26. The zero-order chi connectivity index (χ0) is 20.5. The number of aliphatic carboxylic acids is 1. The molecule has 0 heterocycles. The van der Waals surface area contributed by atoms with E-state index in [0.717, 1.165) is 19.3 Å². The maximum atomic E-state index is 12.4. The van der Waals surface area contributed by atoms with Crippen LogP contribution in [0.5, 0.6) is 0 Å². The first-order valence-electron chi connectivity index (χ1n) is 9.79. The number of aliphatic hydroxyl groups excluding tert-OH is 1. The molecule has 2 N–H and O–H groups in total. The van der Waals surface area contributed by atoms with Gasteiger partial charge in [0, 0.05) is 24.7 Å². The Hall–Kier alpha value is -2.47. The Morgan fingerprint density at radius 3 is 2.54 bits per heavy atom. The second-order valence-corrected chi connectivity index (χ2v) is 7.23. The number of hydrogen-bond donors (Lipinski definition) is 2. The van der Waals surface area contributed by atoms with Crippen LogP contribution in [0.2, 0.25) is 0 Å². The first-order chi connectivity index (χ1) is 13.4. The summed E-state index contributed by atoms with van der Waals surface area (Å²) in [6.45, 7) is 2.06. The number of allylic oxidation sites excluding steroid dienone is 1. The Morgan fingerprint density at radius 2 is 1.89 bits per heavy atom. The van der Waals surface area contributed by atoms with Gasteiger partial charge >= 0.3 is 11.9 Å². The van der Waals surface area contributed by atoms with E-state index in [1.54, 1.807) is 36.4 Å². The third-order valence-electron chi connectivity index (χ3n) is 5.10. The van der Waals surface area contributed by atoms with Gasteiger partial charge in [0.05, 0.1) is 18.1 Å². The van der Waals surface area contributed by atoms with Gasteiger partial charge in [-0.25, -0.2) is 4.79 Å². The number of carboxylic acids is 1. The predicted molar refractivity (Wildman–Crippen MR) is 104 cm³/mol. The molecule has 1 saturated carbocycles. The van der Waals surface area contributed by atoms with Crippen molar-refractivity contribution < 1.29 is 29.3 Å². The molecule has 0 saturated heterocycles. The summed E-state index contributed by atoms with van der Waals surface area (Å²) in [6.07, 6.45) is 4.59. The molecule has 4 atom stereocenters. The van der Waals surface area contributed by atoms with Crippen LogP contribution in [-0.4, -0.2) is 40.1 Å². The van der Waals surface area contributed by atoms with Crippen molar-refractivity contribution in [2.75, 3.05) is 0 Å². The molecule has 0 radical (unpaired) electrons. The van der Waals surface area contributed by atoms with Crippen molar-refractivity contribution in [3.8, 4) is 0 Å². The van der Waals surface area contributed by atoms with E-state index < -0.39 is 36.0 Å². The number of carboxylic acid groups (broad SMARTS) is 1. The second kappa shape index (κ2) is 10.8. The fourth-order valence-electron chi connectivity index (χ4n) is 3.60. The molecule has 0 amide bonds. The molecule has 1 fully saturated rings. The van der Waals surface area contributed by atoms with E-state index in [-0.39, 0.29) is 18.6 Å². The third-order valence-corrected chi connectivity index (χ3v) is 5.10. The topological polar surface area (TPSA) is 101 Å². The number of esters is 1. The summed E-state index contributed by atoms with van der Waals surface area (Å²) in [5, 5.41) is 19.5. The van der Waals surface area contributed by atoms with Gasteiger partial charge in [-0.15, -0.1) is 0 Å². The Labute approximate surface area is 165 Å². The summed E-state index contributed by atoms with van der Waals surface area (Å²) < 4.78 is 5.57. The molecule has 6 nitrogen and oxygen atoms in total. The Kier molecular flexibility index (Phi) is 8.39. The molecular weight excluding hydrogens is 360 g/mol. The van der Waals surface area contributed by atoms with Crippen LogP contribution < -0.4 is 0 Å². The van der Waals surface area contributed by atoms with Crippen LogP contribution in [0.25, 0.3) is 0 Å². The molecular formula is C22H28O6. The van der Waals surface area contributed by atoms with Crippen LogP contribution in [0, 0.1) is 11.8 Å². The molecule has 0 aliphatic heterocycles. The summed E-state index contributed by atoms with van der Waals surface area (Å²) >= 11 is 0. The normalized spacial score (nSPS) is 24.4. The minimum Gasteiger partial charge on any atom is -0.481 e. The second-order valence-electron chi connectivity index (χ2n) is 7.23. The summed E-state index contributed by atoms with van der Waals surface area (Å²) in [6, 6.07) is 8.49. The molecule has 6 heteroatoms. The van der Waals surface area contributed by atoms with Gasteiger partial charge in [-0.05, 0) is 24.6 Å². The fraction of sp³-hybridized carbons (Fsp3) is 0.500. The number of carbonyl (C=O) groups is 3. The van der Waals surface area contributed by atoms with Crippen LogP contribution in [0.3, 0.4) is 0 Å². The van der Waals surface area contributed by atoms with Crippen LogP contribution in [0.4, 0.5) is 0 Å². The van der Waals surface area contributed by atoms with Crippen molar-refractivity contribution in [2.45, 2.75) is 57.7 Å². The number of carbonyl (C=O) groups excluding carboxylic acids is 2. The summed E-state index contributed by atoms with van der Waals surface area (Å²) in [5.74, 6) is -2.73. The Bertz CT molecular complexity index is 696. The van der Waals surface area contributed by atoms with Gasteiger partial charge in [0.25, 0.3) is 0 Å². The lowest BCUT2D eigenvalue weighted by atomic mass is 9.90. The molecule has 152 valence electrons. The molecule has 0 unspecified atom stereocenters. The van der Waals surface area contributed by atoms with Gasteiger partial charge in [0.1, 0.15) is 6.10 Å². The van der Waals surface area contributed by atoms with Gasteiger partial charge < -0.3 is 14.9 Å².